The lowest BCUT2D eigenvalue weighted by Gasteiger charge is -2.04. The van der Waals surface area contributed by atoms with Crippen molar-refractivity contribution in [1.82, 2.24) is 14.6 Å². The summed E-state index contributed by atoms with van der Waals surface area (Å²) in [6.45, 7) is 2.14. The second-order valence-corrected chi connectivity index (χ2v) is 6.44. The maximum Gasteiger partial charge on any atom is 0.252 e. The highest BCUT2D eigenvalue weighted by Gasteiger charge is 2.13. The predicted octanol–water partition coefficient (Wildman–Crippen LogP) is 2.02. The van der Waals surface area contributed by atoms with Crippen molar-refractivity contribution in [2.24, 2.45) is 0 Å². The molecule has 1 aromatic carbocycles. The van der Waals surface area contributed by atoms with E-state index >= 15 is 0 Å². The van der Waals surface area contributed by atoms with Crippen LogP contribution in [0.25, 0.3) is 16.2 Å². The van der Waals surface area contributed by atoms with Crippen LogP contribution in [-0.2, 0) is 19.1 Å². The zero-order valence-corrected chi connectivity index (χ0v) is 15.7. The van der Waals surface area contributed by atoms with Crippen molar-refractivity contribution in [3.63, 3.8) is 0 Å². The van der Waals surface area contributed by atoms with Gasteiger partial charge in [0, 0.05) is 30.7 Å². The van der Waals surface area contributed by atoms with Crippen LogP contribution in [0.4, 0.5) is 11.6 Å². The van der Waals surface area contributed by atoms with Crippen LogP contribution in [0.3, 0.4) is 0 Å². The van der Waals surface area contributed by atoms with Gasteiger partial charge in [-0.25, -0.2) is 4.52 Å². The van der Waals surface area contributed by atoms with E-state index in [-0.39, 0.29) is 24.4 Å². The Hall–Kier alpha value is -2.82. The molecule has 27 heavy (non-hydrogen) atoms. The van der Waals surface area contributed by atoms with Crippen molar-refractivity contribution in [3.8, 4) is 11.3 Å². The van der Waals surface area contributed by atoms with E-state index in [0.29, 0.717) is 18.2 Å². The molecule has 0 saturated carbocycles. The summed E-state index contributed by atoms with van der Waals surface area (Å²) in [5, 5.41) is 11.6. The molecule has 9 nitrogen and oxygen atoms in total. The summed E-state index contributed by atoms with van der Waals surface area (Å²) >= 11 is 1.42. The molecular weight excluding hydrogens is 370 g/mol. The number of fused-ring (bicyclic) bond motifs is 1. The van der Waals surface area contributed by atoms with Crippen molar-refractivity contribution in [2.45, 2.75) is 6.92 Å². The minimum Gasteiger partial charge on any atom is -0.382 e. The second-order valence-electron chi connectivity index (χ2n) is 5.60. The molecule has 0 unspecified atom stereocenters. The number of nitrogens with zero attached hydrogens (tertiary/aromatic N) is 3. The van der Waals surface area contributed by atoms with Crippen LogP contribution < -0.4 is 10.6 Å². The van der Waals surface area contributed by atoms with Crippen molar-refractivity contribution in [3.05, 3.63) is 29.6 Å². The molecule has 0 atom stereocenters. The van der Waals surface area contributed by atoms with E-state index in [9.17, 15) is 9.59 Å². The van der Waals surface area contributed by atoms with Crippen molar-refractivity contribution < 1.29 is 19.1 Å². The number of ether oxygens (including phenoxy) is 2. The molecule has 0 spiro atoms. The van der Waals surface area contributed by atoms with E-state index in [1.54, 1.807) is 11.6 Å². The minimum absolute atomic E-state index is 0.0896. The highest BCUT2D eigenvalue weighted by atomic mass is 32.1. The number of methoxy groups -OCH3 is 1. The second kappa shape index (κ2) is 8.71. The normalized spacial score (nSPS) is 10.9. The van der Waals surface area contributed by atoms with Gasteiger partial charge in [0.05, 0.1) is 18.9 Å². The van der Waals surface area contributed by atoms with Gasteiger partial charge < -0.3 is 14.8 Å². The fraction of sp³-hybridized carbons (Fsp3) is 0.294. The van der Waals surface area contributed by atoms with Gasteiger partial charge in [-0.3, -0.25) is 14.9 Å². The van der Waals surface area contributed by atoms with Gasteiger partial charge in [-0.15, -0.1) is 16.4 Å². The van der Waals surface area contributed by atoms with Crippen molar-refractivity contribution >= 4 is 39.7 Å². The highest BCUT2D eigenvalue weighted by molar-refractivity contribution is 7.15. The zero-order chi connectivity index (χ0) is 19.2. The first kappa shape index (κ1) is 19.0. The molecule has 3 rings (SSSR count). The molecule has 3 aromatic rings. The van der Waals surface area contributed by atoms with Crippen LogP contribution in [0, 0.1) is 0 Å². The Balaban J connectivity index is 1.69. The topological polar surface area (TPSA) is 107 Å². The Kier molecular flexibility index (Phi) is 6.12. The number of amides is 2. The van der Waals surface area contributed by atoms with E-state index in [2.05, 4.69) is 20.7 Å². The summed E-state index contributed by atoms with van der Waals surface area (Å²) in [6.07, 6.45) is 0. The maximum absolute atomic E-state index is 11.9. The molecule has 0 aliphatic heterocycles. The summed E-state index contributed by atoms with van der Waals surface area (Å²) in [7, 11) is 1.57. The Bertz CT molecular complexity index is 935. The molecule has 0 fully saturated rings. The number of benzene rings is 1. The third kappa shape index (κ3) is 4.88. The monoisotopic (exact) mass is 389 g/mol. The summed E-state index contributed by atoms with van der Waals surface area (Å²) in [5.41, 5.74) is 2.48. The minimum atomic E-state index is -0.328. The summed E-state index contributed by atoms with van der Waals surface area (Å²) in [5.74, 6) is -0.229. The molecule has 2 N–H and O–H groups in total. The van der Waals surface area contributed by atoms with E-state index < -0.39 is 0 Å². The number of carbonyl (C=O) groups excluding carboxylic acids is 2. The van der Waals surface area contributed by atoms with E-state index in [4.69, 9.17) is 9.47 Å². The standard InChI is InChI=1S/C17H19N5O4S/c1-11(23)18-13-5-3-12(4-6-13)14-10-27-17-20-16(21-22(14)17)19-15(24)9-26-8-7-25-2/h3-6,10H,7-9H2,1-2H3,(H,18,23)(H,19,21,24). The lowest BCUT2D eigenvalue weighted by Crippen LogP contribution is -2.20. The smallest absolute Gasteiger partial charge is 0.252 e. The fourth-order valence-electron chi connectivity index (χ4n) is 2.33. The third-order valence-electron chi connectivity index (χ3n) is 3.50. The van der Waals surface area contributed by atoms with Gasteiger partial charge >= 0.3 is 0 Å². The highest BCUT2D eigenvalue weighted by Crippen LogP contribution is 2.27. The van der Waals surface area contributed by atoms with E-state index in [0.717, 1.165) is 16.9 Å². The summed E-state index contributed by atoms with van der Waals surface area (Å²) in [4.78, 5) is 27.9. The Morgan fingerprint density at radius 1 is 1.19 bits per heavy atom. The van der Waals surface area contributed by atoms with Crippen LogP contribution in [0.15, 0.2) is 29.6 Å². The van der Waals surface area contributed by atoms with Gasteiger partial charge in [0.15, 0.2) is 0 Å². The van der Waals surface area contributed by atoms with Gasteiger partial charge in [-0.1, -0.05) is 12.1 Å². The first-order chi connectivity index (χ1) is 13.1. The predicted molar refractivity (Wildman–Crippen MR) is 102 cm³/mol. The molecule has 2 heterocycles. The van der Waals surface area contributed by atoms with Gasteiger partial charge in [0.2, 0.25) is 10.9 Å². The number of hydrogen-bond donors (Lipinski definition) is 2. The summed E-state index contributed by atoms with van der Waals surface area (Å²) in [6, 6.07) is 7.40. The van der Waals surface area contributed by atoms with Crippen molar-refractivity contribution in [2.75, 3.05) is 37.6 Å². The first-order valence-electron chi connectivity index (χ1n) is 8.15. The number of carbonyl (C=O) groups is 2. The zero-order valence-electron chi connectivity index (χ0n) is 14.9. The number of nitrogens with one attached hydrogen (secondary N) is 2. The SMILES string of the molecule is COCCOCC(=O)Nc1nc2scc(-c3ccc(NC(C)=O)cc3)n2n1. The Morgan fingerprint density at radius 2 is 1.96 bits per heavy atom. The molecular formula is C17H19N5O4S. The lowest BCUT2D eigenvalue weighted by molar-refractivity contribution is -0.121. The van der Waals surface area contributed by atoms with Gasteiger partial charge in [-0.05, 0) is 12.1 Å². The number of thiazole rings is 1. The molecule has 0 aliphatic carbocycles. The van der Waals surface area contributed by atoms with Crippen LogP contribution in [0.5, 0.6) is 0 Å². The molecule has 2 amide bonds. The average Bonchev–Trinajstić information content (AvgIpc) is 3.19. The quantitative estimate of drug-likeness (QED) is 0.571. The number of hydrogen-bond acceptors (Lipinski definition) is 7. The Morgan fingerprint density at radius 3 is 2.67 bits per heavy atom. The van der Waals surface area contributed by atoms with Crippen LogP contribution in [0.1, 0.15) is 6.92 Å². The van der Waals surface area contributed by atoms with Crippen LogP contribution in [0.2, 0.25) is 0 Å². The first-order valence-corrected chi connectivity index (χ1v) is 9.03. The van der Waals surface area contributed by atoms with E-state index in [1.807, 2.05) is 29.6 Å². The number of rotatable bonds is 8. The molecule has 142 valence electrons. The van der Waals surface area contributed by atoms with Crippen LogP contribution in [-0.4, -0.2) is 53.3 Å². The fourth-order valence-corrected chi connectivity index (χ4v) is 3.16. The molecule has 10 heteroatoms. The largest absolute Gasteiger partial charge is 0.382 e. The number of anilines is 2. The number of aromatic nitrogens is 3. The maximum atomic E-state index is 11.9. The van der Waals surface area contributed by atoms with Crippen molar-refractivity contribution in [1.29, 1.82) is 0 Å². The molecule has 0 radical (unpaired) electrons. The summed E-state index contributed by atoms with van der Waals surface area (Å²) < 4.78 is 11.7. The Labute approximate surface area is 159 Å². The molecule has 0 saturated heterocycles. The van der Waals surface area contributed by atoms with E-state index in [1.165, 1.54) is 18.3 Å². The lowest BCUT2D eigenvalue weighted by atomic mass is 10.1. The van der Waals surface area contributed by atoms with Gasteiger partial charge in [0.25, 0.3) is 11.9 Å². The molecule has 0 aliphatic rings. The molecule has 0 bridgehead atoms. The van der Waals surface area contributed by atoms with Gasteiger partial charge in [0.1, 0.15) is 6.61 Å². The molecule has 2 aromatic heterocycles. The van der Waals surface area contributed by atoms with Crippen LogP contribution >= 0.6 is 11.3 Å². The average molecular weight is 389 g/mol. The van der Waals surface area contributed by atoms with Gasteiger partial charge in [-0.2, -0.15) is 4.98 Å². The third-order valence-corrected chi connectivity index (χ3v) is 4.31.